The molecule has 1 heterocycles. The highest BCUT2D eigenvalue weighted by molar-refractivity contribution is 5.88. The second kappa shape index (κ2) is 18.2. The van der Waals surface area contributed by atoms with E-state index in [1.165, 1.54) is 9.80 Å². The van der Waals surface area contributed by atoms with Crippen molar-refractivity contribution in [2.75, 3.05) is 52.4 Å². The average Bonchev–Trinajstić information content (AvgIpc) is 3.13. The molecular weight excluding hydrogens is 664 g/mol. The quantitative estimate of drug-likeness (QED) is 0.128. The summed E-state index contributed by atoms with van der Waals surface area (Å²) in [5.41, 5.74) is 5.12. The van der Waals surface area contributed by atoms with E-state index in [0.717, 1.165) is 87.7 Å². The van der Waals surface area contributed by atoms with Crippen molar-refractivity contribution in [2.24, 2.45) is 0 Å². The summed E-state index contributed by atoms with van der Waals surface area (Å²) in [6, 6.07) is 28.1. The number of nitrogens with zero attached hydrogens (tertiary/aromatic N) is 2. The zero-order chi connectivity index (χ0) is 37.0. The number of hydrogen-bond acceptors (Lipinski definition) is 6. The Labute approximate surface area is 302 Å². The van der Waals surface area contributed by atoms with E-state index in [1.54, 1.807) is 48.5 Å². The van der Waals surface area contributed by atoms with Gasteiger partial charge in [-0.15, -0.1) is 0 Å². The lowest BCUT2D eigenvalue weighted by Gasteiger charge is -2.32. The minimum absolute atomic E-state index is 0.243. The molecule has 6 N–H and O–H groups in total. The summed E-state index contributed by atoms with van der Waals surface area (Å²) in [5, 5.41) is 37.6. The molecule has 1 aliphatic rings. The molecule has 1 fully saturated rings. The van der Waals surface area contributed by atoms with Gasteiger partial charge in [0.15, 0.2) is 0 Å². The summed E-state index contributed by atoms with van der Waals surface area (Å²) in [6.07, 6.45) is 0. The van der Waals surface area contributed by atoms with E-state index < -0.39 is 23.9 Å². The number of carboxylic acid groups (broad SMARTS) is 4. The van der Waals surface area contributed by atoms with Crippen LogP contribution in [0.25, 0.3) is 0 Å². The van der Waals surface area contributed by atoms with Crippen LogP contribution in [-0.4, -0.2) is 106 Å². The molecule has 0 saturated carbocycles. The predicted molar refractivity (Wildman–Crippen MR) is 193 cm³/mol. The molecule has 0 aliphatic carbocycles. The minimum Gasteiger partial charge on any atom is -0.478 e. The van der Waals surface area contributed by atoms with Gasteiger partial charge < -0.3 is 30.2 Å². The van der Waals surface area contributed by atoms with Gasteiger partial charge in [-0.2, -0.15) is 0 Å². The summed E-state index contributed by atoms with van der Waals surface area (Å²) in [7, 11) is 0. The first-order chi connectivity index (χ1) is 25.0. The third kappa shape index (κ3) is 11.3. The standard InChI is InChI=1S/C40H44N4O8/c45-37(46)33-9-1-29(2-10-33)25-41-17-19-42(26-30-3-11-34(12-4-30)38(47)48)21-23-44(28-32-7-15-36(16-8-32)40(51)52)24-22-43(20-18-41)27-31-5-13-35(14-6-31)39(49)50/h1-16H,17-28H2,(H,45,46)(H,47,48)(H,49,50)(H,51,52)/p+2. The van der Waals surface area contributed by atoms with Crippen molar-refractivity contribution in [3.05, 3.63) is 142 Å². The van der Waals surface area contributed by atoms with E-state index >= 15 is 0 Å². The Balaban J connectivity index is 1.39. The zero-order valence-corrected chi connectivity index (χ0v) is 29.0. The van der Waals surface area contributed by atoms with Gasteiger partial charge in [0.05, 0.1) is 35.3 Å². The Hall–Kier alpha value is -5.40. The SMILES string of the molecule is O=C(O)c1ccc(CN2CCN(Cc3ccc(C(=O)O)cc3)CC[NH+](Cc3ccc(C(=O)O)cc3)CC[NH+](Cc3ccc(C(=O)O)cc3)CC2)cc1. The molecule has 2 atom stereocenters. The molecule has 52 heavy (non-hydrogen) atoms. The van der Waals surface area contributed by atoms with Gasteiger partial charge in [-0.3, -0.25) is 9.80 Å². The van der Waals surface area contributed by atoms with Crippen LogP contribution in [0.1, 0.15) is 63.7 Å². The molecule has 1 aliphatic heterocycles. The predicted octanol–water partition coefficient (Wildman–Crippen LogP) is 1.97. The number of carboxylic acids is 4. The fourth-order valence-electron chi connectivity index (χ4n) is 6.54. The maximum Gasteiger partial charge on any atom is 0.335 e. The fraction of sp³-hybridized carbons (Fsp3) is 0.300. The molecule has 1 saturated heterocycles. The molecule has 4 aromatic rings. The van der Waals surface area contributed by atoms with E-state index in [2.05, 4.69) is 9.80 Å². The molecule has 12 heteroatoms. The lowest BCUT2D eigenvalue weighted by atomic mass is 10.1. The van der Waals surface area contributed by atoms with Crippen molar-refractivity contribution < 1.29 is 49.4 Å². The van der Waals surface area contributed by atoms with E-state index in [9.17, 15) is 39.6 Å². The summed E-state index contributed by atoms with van der Waals surface area (Å²) in [4.78, 5) is 53.3. The van der Waals surface area contributed by atoms with Crippen molar-refractivity contribution in [2.45, 2.75) is 26.2 Å². The van der Waals surface area contributed by atoms with Crippen LogP contribution in [0, 0.1) is 0 Å². The van der Waals surface area contributed by atoms with Crippen LogP contribution >= 0.6 is 0 Å². The number of aromatic carboxylic acids is 4. The first-order valence-corrected chi connectivity index (χ1v) is 17.4. The average molecular weight is 711 g/mol. The van der Waals surface area contributed by atoms with Gasteiger partial charge in [-0.05, 0) is 59.7 Å². The van der Waals surface area contributed by atoms with E-state index in [0.29, 0.717) is 13.1 Å². The van der Waals surface area contributed by atoms with Crippen molar-refractivity contribution in [1.29, 1.82) is 0 Å². The summed E-state index contributed by atoms with van der Waals surface area (Å²) in [5.74, 6) is -3.85. The number of quaternary nitrogens is 2. The maximum atomic E-state index is 11.5. The van der Waals surface area contributed by atoms with Crippen LogP contribution in [-0.2, 0) is 26.2 Å². The van der Waals surface area contributed by atoms with E-state index in [-0.39, 0.29) is 22.3 Å². The van der Waals surface area contributed by atoms with E-state index in [4.69, 9.17) is 0 Å². The Bertz CT molecular complexity index is 1530. The highest BCUT2D eigenvalue weighted by atomic mass is 16.4. The van der Waals surface area contributed by atoms with Gasteiger partial charge in [0.25, 0.3) is 0 Å². The highest BCUT2D eigenvalue weighted by Gasteiger charge is 2.22. The second-order valence-electron chi connectivity index (χ2n) is 13.4. The Morgan fingerprint density at radius 3 is 0.942 bits per heavy atom. The minimum atomic E-state index is -0.964. The number of rotatable bonds is 12. The first-order valence-electron chi connectivity index (χ1n) is 17.4. The molecule has 272 valence electrons. The normalized spacial score (nSPS) is 17.8. The van der Waals surface area contributed by atoms with E-state index in [1.807, 2.05) is 48.5 Å². The molecular formula is C40H46N4O8+2. The third-order valence-electron chi connectivity index (χ3n) is 9.65. The Morgan fingerprint density at radius 2 is 0.673 bits per heavy atom. The molecule has 0 amide bonds. The first kappa shape index (κ1) is 37.8. The number of benzene rings is 4. The lowest BCUT2D eigenvalue weighted by molar-refractivity contribution is -0.970. The summed E-state index contributed by atoms with van der Waals surface area (Å²) >= 11 is 0. The van der Waals surface area contributed by atoms with Gasteiger partial charge >= 0.3 is 23.9 Å². The van der Waals surface area contributed by atoms with Gasteiger partial charge in [0.1, 0.15) is 26.2 Å². The monoisotopic (exact) mass is 710 g/mol. The molecule has 0 radical (unpaired) electrons. The second-order valence-corrected chi connectivity index (χ2v) is 13.4. The number of hydrogen-bond donors (Lipinski definition) is 6. The topological polar surface area (TPSA) is 165 Å². The molecule has 0 aromatic heterocycles. The highest BCUT2D eigenvalue weighted by Crippen LogP contribution is 2.11. The van der Waals surface area contributed by atoms with Crippen molar-refractivity contribution >= 4 is 23.9 Å². The van der Waals surface area contributed by atoms with Gasteiger partial charge in [-0.1, -0.05) is 48.5 Å². The molecule has 4 aromatic carbocycles. The van der Waals surface area contributed by atoms with Crippen LogP contribution in [0.5, 0.6) is 0 Å². The van der Waals surface area contributed by atoms with Crippen molar-refractivity contribution in [3.63, 3.8) is 0 Å². The van der Waals surface area contributed by atoms with Crippen molar-refractivity contribution in [3.8, 4) is 0 Å². The van der Waals surface area contributed by atoms with Crippen LogP contribution in [0.3, 0.4) is 0 Å². The third-order valence-corrected chi connectivity index (χ3v) is 9.65. The Morgan fingerprint density at radius 1 is 0.404 bits per heavy atom. The van der Waals surface area contributed by atoms with Gasteiger partial charge in [-0.25, -0.2) is 19.2 Å². The van der Waals surface area contributed by atoms with Crippen LogP contribution in [0.4, 0.5) is 0 Å². The number of nitrogens with one attached hydrogen (secondary N) is 2. The molecule has 2 unspecified atom stereocenters. The maximum absolute atomic E-state index is 11.5. The van der Waals surface area contributed by atoms with Crippen molar-refractivity contribution in [1.82, 2.24) is 9.80 Å². The fourth-order valence-corrected chi connectivity index (χ4v) is 6.54. The lowest BCUT2D eigenvalue weighted by Crippen LogP contribution is -3.19. The largest absolute Gasteiger partial charge is 0.478 e. The zero-order valence-electron chi connectivity index (χ0n) is 29.0. The van der Waals surface area contributed by atoms with Crippen LogP contribution in [0.2, 0.25) is 0 Å². The molecule has 12 nitrogen and oxygen atoms in total. The van der Waals surface area contributed by atoms with Crippen LogP contribution < -0.4 is 9.80 Å². The summed E-state index contributed by atoms with van der Waals surface area (Å²) in [6.45, 7) is 9.13. The van der Waals surface area contributed by atoms with Gasteiger partial charge in [0, 0.05) is 50.4 Å². The Kier molecular flexibility index (Phi) is 13.2. The molecule has 0 spiro atoms. The van der Waals surface area contributed by atoms with Gasteiger partial charge in [0.2, 0.25) is 0 Å². The molecule has 5 rings (SSSR count). The smallest absolute Gasteiger partial charge is 0.335 e. The summed E-state index contributed by atoms with van der Waals surface area (Å²) < 4.78 is 0. The molecule has 0 bridgehead atoms. The van der Waals surface area contributed by atoms with Crippen LogP contribution in [0.15, 0.2) is 97.1 Å². The number of carbonyl (C=O) groups is 4.